The van der Waals surface area contributed by atoms with Crippen molar-refractivity contribution in [3.8, 4) is 0 Å². The summed E-state index contributed by atoms with van der Waals surface area (Å²) in [4.78, 5) is 10.7. The Morgan fingerprint density at radius 1 is 1.50 bits per heavy atom. The average Bonchev–Trinajstić information content (AvgIpc) is 1.96. The second-order valence-corrected chi connectivity index (χ2v) is 4.37. The standard InChI is InChI=1S/C7H12NO4S.Na/c1-4-6(9)8-7(5(2)3)13(10,11)12;/h5,7H,1H2,2-3H3,(H,8,9)(H,10,11,12);/q-1;+1. The van der Waals surface area contributed by atoms with Crippen LogP contribution in [0.5, 0.6) is 0 Å². The van der Waals surface area contributed by atoms with Crippen LogP contribution in [0.15, 0.2) is 6.58 Å². The molecule has 0 spiro atoms. The maximum Gasteiger partial charge on any atom is 1.00 e. The van der Waals surface area contributed by atoms with E-state index in [0.717, 1.165) is 0 Å². The number of amides is 1. The van der Waals surface area contributed by atoms with Gasteiger partial charge in [0, 0.05) is 0 Å². The predicted molar refractivity (Wildman–Crippen MR) is 47.2 cm³/mol. The molecule has 0 aliphatic heterocycles. The third-order valence-electron chi connectivity index (χ3n) is 1.36. The minimum atomic E-state index is -4.27. The molecule has 1 atom stereocenters. The monoisotopic (exact) mass is 229 g/mol. The number of carbonyl (C=O) groups excluding carboxylic acids is 1. The van der Waals surface area contributed by atoms with Crippen molar-refractivity contribution in [1.82, 2.24) is 5.32 Å². The second-order valence-electron chi connectivity index (χ2n) is 2.83. The SMILES string of the molecule is C=[C-]C(=O)NC(C(C)C)S(=O)(=O)O.[Na+]. The van der Waals surface area contributed by atoms with Gasteiger partial charge in [-0.25, -0.2) is 0 Å². The molecule has 0 fully saturated rings. The van der Waals surface area contributed by atoms with Gasteiger partial charge in [-0.2, -0.15) is 8.42 Å². The molecule has 5 nitrogen and oxygen atoms in total. The first-order valence-corrected chi connectivity index (χ1v) is 5.09. The van der Waals surface area contributed by atoms with Gasteiger partial charge in [0.1, 0.15) is 0 Å². The van der Waals surface area contributed by atoms with Crippen molar-refractivity contribution in [2.24, 2.45) is 5.92 Å². The van der Waals surface area contributed by atoms with Crippen molar-refractivity contribution >= 4 is 16.0 Å². The van der Waals surface area contributed by atoms with E-state index in [-0.39, 0.29) is 29.6 Å². The molecule has 0 bridgehead atoms. The summed E-state index contributed by atoms with van der Waals surface area (Å²) in [6.07, 6.45) is 1.95. The largest absolute Gasteiger partial charge is 1.00 e. The van der Waals surface area contributed by atoms with Gasteiger partial charge in [0.05, 0.1) is 5.91 Å². The maximum atomic E-state index is 10.7. The minimum Gasteiger partial charge on any atom is -0.412 e. The smallest absolute Gasteiger partial charge is 0.412 e. The van der Waals surface area contributed by atoms with E-state index in [4.69, 9.17) is 4.55 Å². The predicted octanol–water partition coefficient (Wildman–Crippen LogP) is -3.03. The van der Waals surface area contributed by atoms with Gasteiger partial charge >= 0.3 is 29.6 Å². The molecule has 0 radical (unpaired) electrons. The molecule has 0 saturated carbocycles. The van der Waals surface area contributed by atoms with E-state index < -0.39 is 27.3 Å². The van der Waals surface area contributed by atoms with Crippen molar-refractivity contribution in [3.63, 3.8) is 0 Å². The van der Waals surface area contributed by atoms with Gasteiger partial charge in [-0.15, -0.1) is 0 Å². The second kappa shape index (κ2) is 6.58. The summed E-state index contributed by atoms with van der Waals surface area (Å²) in [6.45, 7) is 6.16. The van der Waals surface area contributed by atoms with Crippen LogP contribution in [0.3, 0.4) is 0 Å². The van der Waals surface area contributed by atoms with Crippen LogP contribution < -0.4 is 34.9 Å². The number of nitrogens with one attached hydrogen (secondary N) is 1. The van der Waals surface area contributed by atoms with E-state index >= 15 is 0 Å². The molecule has 0 aromatic heterocycles. The Morgan fingerprint density at radius 3 is 2.14 bits per heavy atom. The van der Waals surface area contributed by atoms with Gasteiger partial charge in [0.25, 0.3) is 10.1 Å². The van der Waals surface area contributed by atoms with Gasteiger partial charge in [-0.3, -0.25) is 11.1 Å². The number of carbonyl (C=O) groups is 1. The molecule has 0 aliphatic rings. The van der Waals surface area contributed by atoms with Crippen LogP contribution in [0.25, 0.3) is 0 Å². The van der Waals surface area contributed by atoms with Gasteiger partial charge in [-0.05, 0) is 5.92 Å². The third-order valence-corrected chi connectivity index (χ3v) is 2.66. The summed E-state index contributed by atoms with van der Waals surface area (Å²) >= 11 is 0. The Morgan fingerprint density at radius 2 is 1.93 bits per heavy atom. The van der Waals surface area contributed by atoms with E-state index in [9.17, 15) is 13.2 Å². The fourth-order valence-corrected chi connectivity index (χ4v) is 1.71. The zero-order valence-corrected chi connectivity index (χ0v) is 11.3. The molecule has 76 valence electrons. The molecule has 1 unspecified atom stereocenters. The normalized spacial score (nSPS) is 12.9. The van der Waals surface area contributed by atoms with Gasteiger partial charge in [0.15, 0.2) is 5.37 Å². The fourth-order valence-electron chi connectivity index (χ4n) is 0.765. The van der Waals surface area contributed by atoms with Crippen LogP contribution in [0.4, 0.5) is 0 Å². The zero-order chi connectivity index (χ0) is 10.6. The van der Waals surface area contributed by atoms with Crippen LogP contribution in [0.1, 0.15) is 13.8 Å². The van der Waals surface area contributed by atoms with Crippen LogP contribution >= 0.6 is 0 Å². The van der Waals surface area contributed by atoms with Crippen molar-refractivity contribution < 1.29 is 47.3 Å². The van der Waals surface area contributed by atoms with Crippen LogP contribution in [-0.2, 0) is 14.9 Å². The molecule has 0 saturated heterocycles. The van der Waals surface area contributed by atoms with E-state index in [1.54, 1.807) is 13.8 Å². The van der Waals surface area contributed by atoms with Crippen LogP contribution in [0.2, 0.25) is 0 Å². The summed E-state index contributed by atoms with van der Waals surface area (Å²) in [5.41, 5.74) is 0. The number of rotatable bonds is 4. The van der Waals surface area contributed by atoms with Crippen molar-refractivity contribution in [1.29, 1.82) is 0 Å². The molecule has 7 heteroatoms. The molecule has 0 aliphatic carbocycles. The fraction of sp³-hybridized carbons (Fsp3) is 0.571. The van der Waals surface area contributed by atoms with E-state index in [2.05, 4.69) is 11.9 Å². The average molecular weight is 229 g/mol. The van der Waals surface area contributed by atoms with Crippen molar-refractivity contribution in [3.05, 3.63) is 12.7 Å². The Hall–Kier alpha value is 0.120. The van der Waals surface area contributed by atoms with Crippen LogP contribution in [0, 0.1) is 12.0 Å². The van der Waals surface area contributed by atoms with Crippen molar-refractivity contribution in [2.75, 3.05) is 0 Å². The molecule has 0 heterocycles. The molecule has 1 amide bonds. The molecular formula is C7H12NNaO4S. The molecule has 0 rings (SSSR count). The van der Waals surface area contributed by atoms with E-state index in [0.29, 0.717) is 0 Å². The Balaban J connectivity index is 0. The van der Waals surface area contributed by atoms with Crippen molar-refractivity contribution in [2.45, 2.75) is 19.2 Å². The van der Waals surface area contributed by atoms with Crippen LogP contribution in [-0.4, -0.2) is 24.3 Å². The molecule has 2 N–H and O–H groups in total. The summed E-state index contributed by atoms with van der Waals surface area (Å²) in [6, 6.07) is 0. The van der Waals surface area contributed by atoms with Gasteiger partial charge < -0.3 is 16.2 Å². The Labute approximate surface area is 106 Å². The topological polar surface area (TPSA) is 83.5 Å². The Kier molecular flexibility index (Phi) is 7.77. The van der Waals surface area contributed by atoms with Gasteiger partial charge in [0.2, 0.25) is 0 Å². The summed E-state index contributed by atoms with van der Waals surface area (Å²) < 4.78 is 30.1. The Bertz CT molecular complexity index is 299. The summed E-state index contributed by atoms with van der Waals surface area (Å²) in [7, 11) is -4.27. The molecule has 14 heavy (non-hydrogen) atoms. The maximum absolute atomic E-state index is 10.7. The minimum absolute atomic E-state index is 0. The number of hydrogen-bond donors (Lipinski definition) is 2. The van der Waals surface area contributed by atoms with Gasteiger partial charge in [-0.1, -0.05) is 13.8 Å². The first-order valence-electron chi connectivity index (χ1n) is 3.59. The summed E-state index contributed by atoms with van der Waals surface area (Å²) in [5.74, 6) is -1.18. The first kappa shape index (κ1) is 16.5. The summed E-state index contributed by atoms with van der Waals surface area (Å²) in [5, 5.41) is 0.745. The van der Waals surface area contributed by atoms with E-state index in [1.807, 2.05) is 6.08 Å². The third kappa shape index (κ3) is 5.77. The molecular weight excluding hydrogens is 217 g/mol. The molecule has 0 aromatic carbocycles. The quantitative estimate of drug-likeness (QED) is 0.232. The first-order chi connectivity index (χ1) is 5.79. The molecule has 0 aromatic rings. The number of hydrogen-bond acceptors (Lipinski definition) is 3. The zero-order valence-electron chi connectivity index (χ0n) is 8.44. The van der Waals surface area contributed by atoms with E-state index in [1.165, 1.54) is 0 Å².